The summed E-state index contributed by atoms with van der Waals surface area (Å²) in [4.78, 5) is 12.0. The van der Waals surface area contributed by atoms with Crippen molar-refractivity contribution in [2.45, 2.75) is 26.3 Å². The van der Waals surface area contributed by atoms with Crippen LogP contribution in [0.3, 0.4) is 0 Å². The molecule has 1 amide bonds. The van der Waals surface area contributed by atoms with Crippen molar-refractivity contribution in [3.05, 3.63) is 59.0 Å². The summed E-state index contributed by atoms with van der Waals surface area (Å²) in [6, 6.07) is 9.83. The summed E-state index contributed by atoms with van der Waals surface area (Å²) in [7, 11) is 0. The highest BCUT2D eigenvalue weighted by molar-refractivity contribution is 5.95. The molecule has 2 rings (SSSR count). The maximum atomic E-state index is 12.0. The molecule has 0 fully saturated rings. The van der Waals surface area contributed by atoms with E-state index < -0.39 is 0 Å². The Morgan fingerprint density at radius 3 is 2.55 bits per heavy atom. The fourth-order valence-corrected chi connectivity index (χ4v) is 2.08. The van der Waals surface area contributed by atoms with Crippen LogP contribution in [0.1, 0.15) is 34.2 Å². The minimum atomic E-state index is -0.0957. The molecule has 0 radical (unpaired) electrons. The van der Waals surface area contributed by atoms with Crippen LogP contribution in [0.5, 0.6) is 0 Å². The average Bonchev–Trinajstić information content (AvgIpc) is 2.95. The molecule has 1 heterocycles. The van der Waals surface area contributed by atoms with Crippen LogP contribution < -0.4 is 11.1 Å². The second kappa shape index (κ2) is 6.91. The molecule has 20 heavy (non-hydrogen) atoms. The molecule has 1 aromatic heterocycles. The van der Waals surface area contributed by atoms with E-state index in [0.717, 1.165) is 17.7 Å². The first-order valence-electron chi connectivity index (χ1n) is 6.87. The molecule has 4 heteroatoms. The Morgan fingerprint density at radius 2 is 1.90 bits per heavy atom. The van der Waals surface area contributed by atoms with E-state index in [1.807, 2.05) is 31.2 Å². The van der Waals surface area contributed by atoms with Crippen LogP contribution in [0.15, 0.2) is 41.0 Å². The maximum Gasteiger partial charge on any atom is 0.255 e. The van der Waals surface area contributed by atoms with Crippen molar-refractivity contribution in [1.29, 1.82) is 0 Å². The Morgan fingerprint density at radius 1 is 1.20 bits per heavy atom. The van der Waals surface area contributed by atoms with Crippen molar-refractivity contribution in [3.63, 3.8) is 0 Å². The van der Waals surface area contributed by atoms with Crippen LogP contribution in [0, 0.1) is 0 Å². The molecule has 0 aliphatic heterocycles. The predicted octanol–water partition coefficient (Wildman–Crippen LogP) is 2.27. The Labute approximate surface area is 119 Å². The van der Waals surface area contributed by atoms with Gasteiger partial charge in [-0.05, 0) is 30.2 Å². The first-order chi connectivity index (χ1) is 9.74. The lowest BCUT2D eigenvalue weighted by Gasteiger charge is -2.06. The number of rotatable bonds is 6. The lowest BCUT2D eigenvalue weighted by Crippen LogP contribution is -2.23. The van der Waals surface area contributed by atoms with Crippen molar-refractivity contribution in [2.24, 2.45) is 5.73 Å². The zero-order chi connectivity index (χ0) is 14.4. The quantitative estimate of drug-likeness (QED) is 0.847. The van der Waals surface area contributed by atoms with Crippen molar-refractivity contribution < 1.29 is 9.21 Å². The number of nitrogens with two attached hydrogens (primary N) is 1. The molecule has 0 bridgehead atoms. The third-order valence-corrected chi connectivity index (χ3v) is 3.22. The molecule has 0 spiro atoms. The number of furan rings is 1. The number of nitrogens with one attached hydrogen (secondary N) is 1. The summed E-state index contributed by atoms with van der Waals surface area (Å²) in [5.41, 5.74) is 8.41. The first-order valence-corrected chi connectivity index (χ1v) is 6.87. The number of carbonyl (C=O) groups excluding carboxylic acids is 1. The minimum Gasteiger partial charge on any atom is -0.469 e. The predicted molar refractivity (Wildman–Crippen MR) is 78.5 cm³/mol. The van der Waals surface area contributed by atoms with Gasteiger partial charge in [0.1, 0.15) is 5.76 Å². The molecule has 1 aromatic carbocycles. The van der Waals surface area contributed by atoms with Gasteiger partial charge in [0.25, 0.3) is 5.91 Å². The lowest BCUT2D eigenvalue weighted by molar-refractivity contribution is 0.0949. The molecule has 0 aliphatic carbocycles. The summed E-state index contributed by atoms with van der Waals surface area (Å²) in [5.74, 6) is 0.627. The number of hydrogen-bond donors (Lipinski definition) is 2. The third kappa shape index (κ3) is 3.48. The van der Waals surface area contributed by atoms with Gasteiger partial charge in [-0.1, -0.05) is 31.2 Å². The molecule has 106 valence electrons. The Balaban J connectivity index is 1.93. The largest absolute Gasteiger partial charge is 0.469 e. The van der Waals surface area contributed by atoms with Gasteiger partial charge in [0, 0.05) is 13.0 Å². The molecule has 2 aromatic rings. The fraction of sp³-hybridized carbons (Fsp3) is 0.312. The van der Waals surface area contributed by atoms with Gasteiger partial charge in [0.2, 0.25) is 0 Å². The molecule has 4 nitrogen and oxygen atoms in total. The van der Waals surface area contributed by atoms with Crippen LogP contribution in [-0.2, 0) is 19.4 Å². The van der Waals surface area contributed by atoms with Crippen LogP contribution in [0.2, 0.25) is 0 Å². The van der Waals surface area contributed by atoms with E-state index in [2.05, 4.69) is 5.32 Å². The van der Waals surface area contributed by atoms with E-state index in [1.165, 1.54) is 5.56 Å². The zero-order valence-corrected chi connectivity index (χ0v) is 11.7. The molecule has 3 N–H and O–H groups in total. The molecular formula is C16H20N2O2. The second-order valence-electron chi connectivity index (χ2n) is 4.65. The Hall–Kier alpha value is -2.07. The summed E-state index contributed by atoms with van der Waals surface area (Å²) in [6.07, 6.45) is 3.14. The van der Waals surface area contributed by atoms with E-state index in [1.54, 1.807) is 12.3 Å². The number of carbonyl (C=O) groups is 1. The number of benzene rings is 1. The fourth-order valence-electron chi connectivity index (χ4n) is 2.08. The van der Waals surface area contributed by atoms with Crippen LogP contribution in [0.25, 0.3) is 0 Å². The van der Waals surface area contributed by atoms with Crippen LogP contribution in [0.4, 0.5) is 0 Å². The van der Waals surface area contributed by atoms with Crippen LogP contribution >= 0.6 is 0 Å². The molecule has 0 aliphatic rings. The van der Waals surface area contributed by atoms with Crippen molar-refractivity contribution >= 4 is 5.91 Å². The summed E-state index contributed by atoms with van der Waals surface area (Å²) >= 11 is 0. The van der Waals surface area contributed by atoms with Crippen molar-refractivity contribution in [3.8, 4) is 0 Å². The number of aryl methyl sites for hydroxylation is 1. The van der Waals surface area contributed by atoms with Gasteiger partial charge in [-0.15, -0.1) is 0 Å². The monoisotopic (exact) mass is 272 g/mol. The van der Waals surface area contributed by atoms with E-state index in [4.69, 9.17) is 10.2 Å². The van der Waals surface area contributed by atoms with Gasteiger partial charge in [-0.3, -0.25) is 4.79 Å². The average molecular weight is 272 g/mol. The molecular weight excluding hydrogens is 252 g/mol. The standard InChI is InChI=1S/C16H20N2O2/c1-2-15-14(8-10-20-15)16(19)18-11-13-5-3-12(4-6-13)7-9-17/h3-6,8,10H,2,7,9,11,17H2,1H3,(H,18,19). The highest BCUT2D eigenvalue weighted by Gasteiger charge is 2.12. The van der Waals surface area contributed by atoms with E-state index >= 15 is 0 Å². The van der Waals surface area contributed by atoms with Gasteiger partial charge in [-0.2, -0.15) is 0 Å². The van der Waals surface area contributed by atoms with Crippen molar-refractivity contribution in [1.82, 2.24) is 5.32 Å². The summed E-state index contributed by atoms with van der Waals surface area (Å²) < 4.78 is 5.26. The lowest BCUT2D eigenvalue weighted by atomic mass is 10.1. The zero-order valence-electron chi connectivity index (χ0n) is 11.7. The highest BCUT2D eigenvalue weighted by Crippen LogP contribution is 2.11. The normalized spacial score (nSPS) is 10.5. The van der Waals surface area contributed by atoms with Gasteiger partial charge in [0.05, 0.1) is 11.8 Å². The van der Waals surface area contributed by atoms with Gasteiger partial charge in [0.15, 0.2) is 0 Å². The number of amides is 1. The smallest absolute Gasteiger partial charge is 0.255 e. The maximum absolute atomic E-state index is 12.0. The SMILES string of the molecule is CCc1occc1C(=O)NCc1ccc(CCN)cc1. The van der Waals surface area contributed by atoms with Crippen molar-refractivity contribution in [2.75, 3.05) is 6.54 Å². The topological polar surface area (TPSA) is 68.3 Å². The van der Waals surface area contributed by atoms with Gasteiger partial charge in [-0.25, -0.2) is 0 Å². The summed E-state index contributed by atoms with van der Waals surface area (Å²) in [5, 5.41) is 2.90. The molecule has 0 saturated carbocycles. The van der Waals surface area contributed by atoms with E-state index in [0.29, 0.717) is 25.1 Å². The number of hydrogen-bond acceptors (Lipinski definition) is 3. The second-order valence-corrected chi connectivity index (χ2v) is 4.65. The van der Waals surface area contributed by atoms with E-state index in [-0.39, 0.29) is 5.91 Å². The van der Waals surface area contributed by atoms with Crippen LogP contribution in [-0.4, -0.2) is 12.5 Å². The molecule has 0 atom stereocenters. The third-order valence-electron chi connectivity index (χ3n) is 3.22. The Bertz CT molecular complexity index is 558. The molecule has 0 unspecified atom stereocenters. The van der Waals surface area contributed by atoms with Gasteiger partial charge < -0.3 is 15.5 Å². The minimum absolute atomic E-state index is 0.0957. The first kappa shape index (κ1) is 14.3. The van der Waals surface area contributed by atoms with Gasteiger partial charge >= 0.3 is 0 Å². The highest BCUT2D eigenvalue weighted by atomic mass is 16.3. The van der Waals surface area contributed by atoms with E-state index in [9.17, 15) is 4.79 Å². The Kier molecular flexibility index (Phi) is 4.96. The molecule has 0 saturated heterocycles. The summed E-state index contributed by atoms with van der Waals surface area (Å²) in [6.45, 7) is 3.12.